The van der Waals surface area contributed by atoms with Gasteiger partial charge in [0, 0.05) is 32.4 Å². The summed E-state index contributed by atoms with van der Waals surface area (Å²) in [6.07, 6.45) is 3.02. The standard InChI is InChI=1S/C21H19Cl2N7O/c22-16-10-18(23)21(25-13-16)29-8-6-28(7-9-29)14-19(31)27-20-15(11-24)12-26-30(20)17-4-2-1-3-5-17/h1-5,10,12-13H,6-9,14H2,(H,27,31). The van der Waals surface area contributed by atoms with Crippen LogP contribution in [0.15, 0.2) is 48.8 Å². The maximum atomic E-state index is 12.7. The number of nitriles is 1. The number of hydrogen-bond donors (Lipinski definition) is 1. The Morgan fingerprint density at radius 3 is 2.55 bits per heavy atom. The quantitative estimate of drug-likeness (QED) is 0.634. The van der Waals surface area contributed by atoms with Crippen LogP contribution in [-0.2, 0) is 4.79 Å². The first-order valence-corrected chi connectivity index (χ1v) is 10.4. The number of carbonyl (C=O) groups is 1. The molecule has 2 aromatic heterocycles. The van der Waals surface area contributed by atoms with E-state index >= 15 is 0 Å². The van der Waals surface area contributed by atoms with Gasteiger partial charge in [0.05, 0.1) is 28.5 Å². The average molecular weight is 456 g/mol. The highest BCUT2D eigenvalue weighted by atomic mass is 35.5. The third-order valence-corrected chi connectivity index (χ3v) is 5.46. The van der Waals surface area contributed by atoms with E-state index in [2.05, 4.69) is 26.4 Å². The van der Waals surface area contributed by atoms with Crippen LogP contribution in [0.25, 0.3) is 5.69 Å². The van der Waals surface area contributed by atoms with Gasteiger partial charge in [-0.05, 0) is 18.2 Å². The lowest BCUT2D eigenvalue weighted by Gasteiger charge is -2.35. The van der Waals surface area contributed by atoms with Gasteiger partial charge in [-0.15, -0.1) is 0 Å². The summed E-state index contributed by atoms with van der Waals surface area (Å²) < 4.78 is 1.56. The number of hydrogen-bond acceptors (Lipinski definition) is 6. The van der Waals surface area contributed by atoms with Crippen molar-refractivity contribution in [1.29, 1.82) is 5.26 Å². The predicted molar refractivity (Wildman–Crippen MR) is 120 cm³/mol. The SMILES string of the molecule is N#Cc1cnn(-c2ccccc2)c1NC(=O)CN1CCN(c2ncc(Cl)cc2Cl)CC1. The predicted octanol–water partition coefficient (Wildman–Crippen LogP) is 3.21. The fourth-order valence-corrected chi connectivity index (χ4v) is 3.95. The monoisotopic (exact) mass is 455 g/mol. The summed E-state index contributed by atoms with van der Waals surface area (Å²) in [7, 11) is 0. The molecule has 0 aliphatic carbocycles. The molecule has 4 rings (SSSR count). The van der Waals surface area contributed by atoms with Crippen LogP contribution in [0.3, 0.4) is 0 Å². The molecule has 31 heavy (non-hydrogen) atoms. The molecule has 1 aromatic carbocycles. The van der Waals surface area contributed by atoms with Crippen molar-refractivity contribution in [2.24, 2.45) is 0 Å². The molecule has 1 fully saturated rings. The van der Waals surface area contributed by atoms with Crippen LogP contribution in [0.1, 0.15) is 5.56 Å². The van der Waals surface area contributed by atoms with Crippen LogP contribution >= 0.6 is 23.2 Å². The van der Waals surface area contributed by atoms with E-state index in [0.717, 1.165) is 5.69 Å². The number of carbonyl (C=O) groups excluding carboxylic acids is 1. The highest BCUT2D eigenvalue weighted by Gasteiger charge is 2.23. The molecule has 1 aliphatic rings. The third kappa shape index (κ3) is 4.80. The van der Waals surface area contributed by atoms with E-state index in [1.165, 1.54) is 6.20 Å². The summed E-state index contributed by atoms with van der Waals surface area (Å²) in [5.41, 5.74) is 1.07. The van der Waals surface area contributed by atoms with Gasteiger partial charge >= 0.3 is 0 Å². The second-order valence-electron chi connectivity index (χ2n) is 7.04. The molecule has 8 nitrogen and oxygen atoms in total. The molecule has 0 spiro atoms. The van der Waals surface area contributed by atoms with Crippen molar-refractivity contribution in [1.82, 2.24) is 19.7 Å². The summed E-state index contributed by atoms with van der Waals surface area (Å²) in [6.45, 7) is 2.94. The molecule has 10 heteroatoms. The van der Waals surface area contributed by atoms with E-state index in [1.54, 1.807) is 16.9 Å². The molecular formula is C21H19Cl2N7O. The summed E-state index contributed by atoms with van der Waals surface area (Å²) in [6, 6.07) is 13.1. The van der Waals surface area contributed by atoms with Crippen molar-refractivity contribution in [3.63, 3.8) is 0 Å². The second-order valence-corrected chi connectivity index (χ2v) is 7.88. The van der Waals surface area contributed by atoms with Crippen molar-refractivity contribution in [2.45, 2.75) is 0 Å². The molecule has 1 amide bonds. The van der Waals surface area contributed by atoms with Gasteiger partial charge in [0.1, 0.15) is 17.5 Å². The van der Waals surface area contributed by atoms with E-state index < -0.39 is 0 Å². The first kappa shape index (κ1) is 21.1. The molecule has 1 aliphatic heterocycles. The maximum absolute atomic E-state index is 12.7. The van der Waals surface area contributed by atoms with E-state index in [-0.39, 0.29) is 12.5 Å². The fraction of sp³-hybridized carbons (Fsp3) is 0.238. The van der Waals surface area contributed by atoms with E-state index in [9.17, 15) is 10.1 Å². The normalized spacial score (nSPS) is 14.3. The van der Waals surface area contributed by atoms with Crippen molar-refractivity contribution in [3.8, 4) is 11.8 Å². The fourth-order valence-electron chi connectivity index (χ4n) is 3.45. The smallest absolute Gasteiger partial charge is 0.239 e. The highest BCUT2D eigenvalue weighted by Crippen LogP contribution is 2.27. The van der Waals surface area contributed by atoms with Crippen molar-refractivity contribution >= 4 is 40.7 Å². The zero-order chi connectivity index (χ0) is 21.8. The molecular weight excluding hydrogens is 437 g/mol. The molecule has 1 N–H and O–H groups in total. The molecule has 158 valence electrons. The van der Waals surface area contributed by atoms with Crippen molar-refractivity contribution in [3.05, 3.63) is 64.4 Å². The highest BCUT2D eigenvalue weighted by molar-refractivity contribution is 6.36. The largest absolute Gasteiger partial charge is 0.353 e. The van der Waals surface area contributed by atoms with Crippen molar-refractivity contribution < 1.29 is 4.79 Å². The second kappa shape index (κ2) is 9.35. The Morgan fingerprint density at radius 1 is 1.13 bits per heavy atom. The van der Waals surface area contributed by atoms with Gasteiger partial charge in [-0.1, -0.05) is 41.4 Å². The molecule has 0 unspecified atom stereocenters. The molecule has 3 aromatic rings. The van der Waals surface area contributed by atoms with Gasteiger partial charge in [0.25, 0.3) is 0 Å². The number of piperazine rings is 1. The first-order chi connectivity index (χ1) is 15.0. The Bertz CT molecular complexity index is 1120. The van der Waals surface area contributed by atoms with Gasteiger partial charge in [-0.25, -0.2) is 9.67 Å². The minimum absolute atomic E-state index is 0.203. The number of halogens is 2. The maximum Gasteiger partial charge on any atom is 0.239 e. The molecule has 1 saturated heterocycles. The zero-order valence-corrected chi connectivity index (χ0v) is 18.0. The van der Waals surface area contributed by atoms with Gasteiger partial charge < -0.3 is 10.2 Å². The van der Waals surface area contributed by atoms with E-state index in [4.69, 9.17) is 23.2 Å². The Balaban J connectivity index is 1.38. The lowest BCUT2D eigenvalue weighted by Crippen LogP contribution is -2.49. The Hall–Kier alpha value is -3.12. The number of aromatic nitrogens is 3. The minimum atomic E-state index is -0.203. The van der Waals surface area contributed by atoms with Gasteiger partial charge in [-0.3, -0.25) is 9.69 Å². The number of anilines is 2. The lowest BCUT2D eigenvalue weighted by molar-refractivity contribution is -0.117. The number of nitrogens with zero attached hydrogens (tertiary/aromatic N) is 6. The topological polar surface area (TPSA) is 90.1 Å². The summed E-state index contributed by atoms with van der Waals surface area (Å²) in [5, 5.41) is 17.5. The van der Waals surface area contributed by atoms with E-state index in [0.29, 0.717) is 53.4 Å². The van der Waals surface area contributed by atoms with Gasteiger partial charge in [-0.2, -0.15) is 10.4 Å². The summed E-state index contributed by atoms with van der Waals surface area (Å²) in [4.78, 5) is 21.1. The number of amides is 1. The average Bonchev–Trinajstić information content (AvgIpc) is 3.17. The van der Waals surface area contributed by atoms with Crippen LogP contribution in [0.5, 0.6) is 0 Å². The number of pyridine rings is 1. The van der Waals surface area contributed by atoms with E-state index in [1.807, 2.05) is 35.2 Å². The summed E-state index contributed by atoms with van der Waals surface area (Å²) in [5.74, 6) is 0.861. The van der Waals surface area contributed by atoms with Crippen LogP contribution < -0.4 is 10.2 Å². The Morgan fingerprint density at radius 2 is 1.87 bits per heavy atom. The van der Waals surface area contributed by atoms with Crippen LogP contribution in [-0.4, -0.2) is 58.3 Å². The van der Waals surface area contributed by atoms with Crippen molar-refractivity contribution in [2.75, 3.05) is 42.9 Å². The van der Waals surface area contributed by atoms with Gasteiger partial charge in [0.2, 0.25) is 5.91 Å². The van der Waals surface area contributed by atoms with Crippen LogP contribution in [0, 0.1) is 11.3 Å². The lowest BCUT2D eigenvalue weighted by atomic mass is 10.3. The van der Waals surface area contributed by atoms with Crippen LogP contribution in [0.4, 0.5) is 11.6 Å². The minimum Gasteiger partial charge on any atom is -0.353 e. The number of benzene rings is 1. The third-order valence-electron chi connectivity index (χ3n) is 4.98. The summed E-state index contributed by atoms with van der Waals surface area (Å²) >= 11 is 12.2. The molecule has 3 heterocycles. The zero-order valence-electron chi connectivity index (χ0n) is 16.5. The Kier molecular flexibility index (Phi) is 6.37. The number of para-hydroxylation sites is 1. The number of nitrogens with one attached hydrogen (secondary N) is 1. The Labute approximate surface area is 189 Å². The van der Waals surface area contributed by atoms with Gasteiger partial charge in [0.15, 0.2) is 5.82 Å². The molecule has 0 bridgehead atoms. The number of rotatable bonds is 5. The van der Waals surface area contributed by atoms with Crippen LogP contribution in [0.2, 0.25) is 10.0 Å². The molecule has 0 radical (unpaired) electrons. The first-order valence-electron chi connectivity index (χ1n) is 9.67. The molecule has 0 saturated carbocycles. The molecule has 0 atom stereocenters.